The Morgan fingerprint density at radius 1 is 1.24 bits per heavy atom. The largest absolute Gasteiger partial charge is 0.390 e. The van der Waals surface area contributed by atoms with Gasteiger partial charge in [-0.3, -0.25) is 0 Å². The molecular weight excluding hydrogens is 291 g/mol. The van der Waals surface area contributed by atoms with Gasteiger partial charge in [-0.2, -0.15) is 13.2 Å². The van der Waals surface area contributed by atoms with E-state index in [0.717, 1.165) is 6.07 Å². The summed E-state index contributed by atoms with van der Waals surface area (Å²) in [6.45, 7) is 2.25. The molecule has 0 radical (unpaired) electrons. The minimum Gasteiger partial charge on any atom is -0.309 e. The van der Waals surface area contributed by atoms with Crippen LogP contribution >= 0.6 is 0 Å². The van der Waals surface area contributed by atoms with Gasteiger partial charge in [-0.05, 0) is 19.7 Å². The highest BCUT2D eigenvalue weighted by atomic mass is 19.4. The Balaban J connectivity index is 2.75. The third-order valence-corrected chi connectivity index (χ3v) is 3.08. The highest BCUT2D eigenvalue weighted by Crippen LogP contribution is 2.22. The molecule has 0 aliphatic rings. The molecule has 1 rings (SSSR count). The number of rotatable bonds is 7. The van der Waals surface area contributed by atoms with Gasteiger partial charge in [-0.1, -0.05) is 19.1 Å². The summed E-state index contributed by atoms with van der Waals surface area (Å²) < 4.78 is 63.6. The molecule has 0 fully saturated rings. The zero-order valence-corrected chi connectivity index (χ0v) is 12.0. The molecule has 2 nitrogen and oxygen atoms in total. The van der Waals surface area contributed by atoms with Gasteiger partial charge in [-0.15, -0.1) is 0 Å². The molecule has 1 N–H and O–H groups in total. The van der Waals surface area contributed by atoms with Crippen molar-refractivity contribution in [2.75, 3.05) is 26.7 Å². The quantitative estimate of drug-likeness (QED) is 0.776. The van der Waals surface area contributed by atoms with Crippen LogP contribution in [0.15, 0.2) is 18.2 Å². The van der Waals surface area contributed by atoms with Crippen LogP contribution in [0.4, 0.5) is 22.0 Å². The lowest BCUT2D eigenvalue weighted by molar-refractivity contribution is -0.137. The molecule has 0 aliphatic heterocycles. The zero-order valence-electron chi connectivity index (χ0n) is 12.0. The molecular formula is C14H19F5N2. The minimum atomic E-state index is -4.23. The second-order valence-corrected chi connectivity index (χ2v) is 4.88. The van der Waals surface area contributed by atoms with Gasteiger partial charge in [0, 0.05) is 24.7 Å². The van der Waals surface area contributed by atoms with Gasteiger partial charge in [0.2, 0.25) is 0 Å². The van der Waals surface area contributed by atoms with Crippen molar-refractivity contribution in [2.24, 2.45) is 0 Å². The van der Waals surface area contributed by atoms with Crippen LogP contribution in [-0.2, 0) is 0 Å². The van der Waals surface area contributed by atoms with E-state index >= 15 is 0 Å². The summed E-state index contributed by atoms with van der Waals surface area (Å²) >= 11 is 0. The summed E-state index contributed by atoms with van der Waals surface area (Å²) in [7, 11) is 1.52. The SMILES string of the molecule is CCNC(CN(C)CCC(F)(F)F)c1cccc(F)c1F. The van der Waals surface area contributed by atoms with Crippen molar-refractivity contribution in [1.29, 1.82) is 0 Å². The molecule has 0 saturated heterocycles. The number of benzene rings is 1. The predicted molar refractivity (Wildman–Crippen MR) is 70.9 cm³/mol. The Hall–Kier alpha value is -1.21. The van der Waals surface area contributed by atoms with Gasteiger partial charge in [0.25, 0.3) is 0 Å². The summed E-state index contributed by atoms with van der Waals surface area (Å²) in [6, 6.07) is 3.26. The van der Waals surface area contributed by atoms with Crippen LogP contribution in [0, 0.1) is 11.6 Å². The Kier molecular flexibility index (Phi) is 6.54. The van der Waals surface area contributed by atoms with Crippen molar-refractivity contribution in [2.45, 2.75) is 25.6 Å². The number of halogens is 5. The lowest BCUT2D eigenvalue weighted by Gasteiger charge is -2.25. The molecule has 1 aromatic rings. The van der Waals surface area contributed by atoms with Crippen LogP contribution in [0.25, 0.3) is 0 Å². The number of nitrogens with one attached hydrogen (secondary N) is 1. The van der Waals surface area contributed by atoms with E-state index in [1.807, 2.05) is 0 Å². The monoisotopic (exact) mass is 310 g/mol. The Labute approximate surface area is 120 Å². The average Bonchev–Trinajstić information content (AvgIpc) is 2.38. The van der Waals surface area contributed by atoms with Crippen LogP contribution in [0.3, 0.4) is 0 Å². The first-order chi connectivity index (χ1) is 9.74. The van der Waals surface area contributed by atoms with Crippen LogP contribution in [0.2, 0.25) is 0 Å². The van der Waals surface area contributed by atoms with Crippen molar-refractivity contribution >= 4 is 0 Å². The number of nitrogens with zero attached hydrogens (tertiary/aromatic N) is 1. The normalized spacial score (nSPS) is 13.7. The second-order valence-electron chi connectivity index (χ2n) is 4.88. The molecule has 120 valence electrons. The van der Waals surface area contributed by atoms with E-state index < -0.39 is 30.3 Å². The first kappa shape index (κ1) is 17.8. The molecule has 21 heavy (non-hydrogen) atoms. The summed E-state index contributed by atoms with van der Waals surface area (Å²) in [5.41, 5.74) is 0.121. The van der Waals surface area contributed by atoms with E-state index in [1.54, 1.807) is 6.92 Å². The number of alkyl halides is 3. The van der Waals surface area contributed by atoms with E-state index in [9.17, 15) is 22.0 Å². The molecule has 0 bridgehead atoms. The highest BCUT2D eigenvalue weighted by Gasteiger charge is 2.28. The van der Waals surface area contributed by atoms with Crippen LogP contribution in [0.5, 0.6) is 0 Å². The maximum Gasteiger partial charge on any atom is 0.390 e. The Morgan fingerprint density at radius 2 is 1.90 bits per heavy atom. The Bertz CT molecular complexity index is 447. The molecule has 0 spiro atoms. The van der Waals surface area contributed by atoms with Crippen molar-refractivity contribution in [3.63, 3.8) is 0 Å². The molecule has 1 atom stereocenters. The van der Waals surface area contributed by atoms with E-state index in [2.05, 4.69) is 5.32 Å². The van der Waals surface area contributed by atoms with Crippen LogP contribution in [-0.4, -0.2) is 37.8 Å². The standard InChI is InChI=1S/C14H19F5N2/c1-3-20-12(9-21(2)8-7-14(17,18)19)10-5-4-6-11(15)13(10)16/h4-6,12,20H,3,7-9H2,1-2H3. The van der Waals surface area contributed by atoms with Crippen LogP contribution < -0.4 is 5.32 Å². The Morgan fingerprint density at radius 3 is 2.48 bits per heavy atom. The third kappa shape index (κ3) is 5.97. The minimum absolute atomic E-state index is 0.121. The molecule has 7 heteroatoms. The van der Waals surface area contributed by atoms with Crippen molar-refractivity contribution in [3.05, 3.63) is 35.4 Å². The average molecular weight is 310 g/mol. The fourth-order valence-corrected chi connectivity index (χ4v) is 2.03. The first-order valence-electron chi connectivity index (χ1n) is 6.67. The molecule has 1 unspecified atom stereocenters. The molecule has 1 aromatic carbocycles. The molecule has 0 aliphatic carbocycles. The molecule has 0 heterocycles. The molecule has 0 aromatic heterocycles. The van der Waals surface area contributed by atoms with Gasteiger partial charge in [0.15, 0.2) is 11.6 Å². The van der Waals surface area contributed by atoms with E-state index in [-0.39, 0.29) is 18.7 Å². The molecule has 0 amide bonds. The number of likely N-dealkylation sites (N-methyl/N-ethyl adjacent to an activating group) is 2. The smallest absolute Gasteiger partial charge is 0.309 e. The summed E-state index contributed by atoms with van der Waals surface area (Å²) in [5.74, 6) is -1.93. The van der Waals surface area contributed by atoms with E-state index in [4.69, 9.17) is 0 Å². The molecule has 0 saturated carbocycles. The van der Waals surface area contributed by atoms with Gasteiger partial charge in [0.05, 0.1) is 6.42 Å². The predicted octanol–water partition coefficient (Wildman–Crippen LogP) is 3.50. The summed E-state index contributed by atoms with van der Waals surface area (Å²) in [6.07, 6.45) is -5.17. The second kappa shape index (κ2) is 7.70. The number of hydrogen-bond acceptors (Lipinski definition) is 2. The third-order valence-electron chi connectivity index (χ3n) is 3.08. The maximum atomic E-state index is 13.8. The van der Waals surface area contributed by atoms with Crippen molar-refractivity contribution in [3.8, 4) is 0 Å². The fraction of sp³-hybridized carbons (Fsp3) is 0.571. The van der Waals surface area contributed by atoms with Crippen LogP contribution in [0.1, 0.15) is 24.9 Å². The fourth-order valence-electron chi connectivity index (χ4n) is 2.03. The van der Waals surface area contributed by atoms with E-state index in [1.165, 1.54) is 24.1 Å². The van der Waals surface area contributed by atoms with E-state index in [0.29, 0.717) is 6.54 Å². The summed E-state index contributed by atoms with van der Waals surface area (Å²) in [4.78, 5) is 1.45. The lowest BCUT2D eigenvalue weighted by Crippen LogP contribution is -2.35. The first-order valence-corrected chi connectivity index (χ1v) is 6.67. The van der Waals surface area contributed by atoms with Gasteiger partial charge in [0.1, 0.15) is 0 Å². The lowest BCUT2D eigenvalue weighted by atomic mass is 10.1. The van der Waals surface area contributed by atoms with Gasteiger partial charge < -0.3 is 10.2 Å². The van der Waals surface area contributed by atoms with Gasteiger partial charge in [-0.25, -0.2) is 8.78 Å². The van der Waals surface area contributed by atoms with Gasteiger partial charge >= 0.3 is 6.18 Å². The van der Waals surface area contributed by atoms with Crippen molar-refractivity contribution < 1.29 is 22.0 Å². The van der Waals surface area contributed by atoms with Crippen molar-refractivity contribution in [1.82, 2.24) is 10.2 Å². The highest BCUT2D eigenvalue weighted by molar-refractivity contribution is 5.23. The zero-order chi connectivity index (χ0) is 16.0. The summed E-state index contributed by atoms with van der Waals surface area (Å²) in [5, 5.41) is 2.97. The topological polar surface area (TPSA) is 15.3 Å². The number of hydrogen-bond donors (Lipinski definition) is 1. The maximum absolute atomic E-state index is 13.8.